The summed E-state index contributed by atoms with van der Waals surface area (Å²) in [5, 5.41) is 11.0. The van der Waals surface area contributed by atoms with Gasteiger partial charge in [0.05, 0.1) is 18.9 Å². The van der Waals surface area contributed by atoms with Gasteiger partial charge in [-0.15, -0.1) is 0 Å². The molecule has 2 aromatic rings. The number of amides is 2. The molecule has 1 fully saturated rings. The van der Waals surface area contributed by atoms with Gasteiger partial charge in [0.1, 0.15) is 12.3 Å². The van der Waals surface area contributed by atoms with Crippen LogP contribution in [0.1, 0.15) is 18.9 Å². The first-order valence-corrected chi connectivity index (χ1v) is 12.1. The zero-order chi connectivity index (χ0) is 27.8. The Kier molecular flexibility index (Phi) is 9.55. The third-order valence-electron chi connectivity index (χ3n) is 6.10. The van der Waals surface area contributed by atoms with Crippen LogP contribution in [0.5, 0.6) is 5.75 Å². The van der Waals surface area contributed by atoms with Gasteiger partial charge in [-0.05, 0) is 56.2 Å². The number of anilines is 3. The zero-order valence-corrected chi connectivity index (χ0v) is 21.7. The fourth-order valence-electron chi connectivity index (χ4n) is 4.09. The minimum atomic E-state index is -0.989. The van der Waals surface area contributed by atoms with Crippen molar-refractivity contribution in [2.45, 2.75) is 20.3 Å². The topological polar surface area (TPSA) is 138 Å². The first kappa shape index (κ1) is 28.3. The number of carbonyl (C=O) groups excluding carboxylic acids is 3. The summed E-state index contributed by atoms with van der Waals surface area (Å²) in [6.07, 6.45) is 0.598. The maximum atomic E-state index is 14.3. The van der Waals surface area contributed by atoms with Gasteiger partial charge in [-0.25, -0.2) is 4.39 Å². The van der Waals surface area contributed by atoms with Gasteiger partial charge in [-0.2, -0.15) is 0 Å². The predicted octanol–water partition coefficient (Wildman–Crippen LogP) is 2.79. The van der Waals surface area contributed by atoms with Crippen LogP contribution in [0.2, 0.25) is 0 Å². The monoisotopic (exact) mass is 525 g/mol. The number of morpholine rings is 1. The van der Waals surface area contributed by atoms with E-state index in [-0.39, 0.29) is 41.6 Å². The maximum Gasteiger partial charge on any atom is 0.266 e. The van der Waals surface area contributed by atoms with Crippen LogP contribution in [0, 0.1) is 18.2 Å². The Bertz CT molecular complexity index is 1260. The van der Waals surface area contributed by atoms with Crippen LogP contribution in [0.3, 0.4) is 0 Å². The van der Waals surface area contributed by atoms with E-state index >= 15 is 0 Å². The minimum Gasteiger partial charge on any atom is -0.491 e. The molecule has 2 aromatic carbocycles. The number of primary amides is 1. The molecule has 0 aliphatic carbocycles. The summed E-state index contributed by atoms with van der Waals surface area (Å²) in [6, 6.07) is 9.78. The lowest BCUT2D eigenvalue weighted by atomic mass is 10.0. The smallest absolute Gasteiger partial charge is 0.266 e. The molecule has 202 valence electrons. The lowest BCUT2D eigenvalue weighted by Gasteiger charge is -2.29. The van der Waals surface area contributed by atoms with Crippen LogP contribution >= 0.6 is 0 Å². The van der Waals surface area contributed by atoms with Crippen LogP contribution in [0.25, 0.3) is 0 Å². The van der Waals surface area contributed by atoms with E-state index in [9.17, 15) is 18.8 Å². The molecular weight excluding hydrogens is 493 g/mol. The Morgan fingerprint density at radius 2 is 2.08 bits per heavy atom. The molecular formula is C27H32FN5O5. The zero-order valence-electron chi connectivity index (χ0n) is 21.7. The predicted molar refractivity (Wildman–Crippen MR) is 143 cm³/mol. The van der Waals surface area contributed by atoms with Crippen molar-refractivity contribution < 1.29 is 28.2 Å². The summed E-state index contributed by atoms with van der Waals surface area (Å²) < 4.78 is 24.7. The normalized spacial score (nSPS) is 14.0. The number of hydrogen-bond acceptors (Lipinski definition) is 8. The fraction of sp³-hybridized carbons (Fsp3) is 0.333. The molecule has 0 spiro atoms. The van der Waals surface area contributed by atoms with Gasteiger partial charge in [-0.3, -0.25) is 19.8 Å². The quantitative estimate of drug-likeness (QED) is 0.220. The summed E-state index contributed by atoms with van der Waals surface area (Å²) in [7, 11) is 1.83. The highest BCUT2D eigenvalue weighted by Crippen LogP contribution is 2.27. The highest BCUT2D eigenvalue weighted by atomic mass is 19.1. The number of benzene rings is 2. The van der Waals surface area contributed by atoms with Crippen molar-refractivity contribution in [3.63, 3.8) is 0 Å². The molecule has 0 radical (unpaired) electrons. The van der Waals surface area contributed by atoms with E-state index in [1.807, 2.05) is 37.1 Å². The Balaban J connectivity index is 1.80. The van der Waals surface area contributed by atoms with Gasteiger partial charge >= 0.3 is 0 Å². The molecule has 10 nitrogen and oxygen atoms in total. The summed E-state index contributed by atoms with van der Waals surface area (Å²) in [4.78, 5) is 39.6. The molecule has 0 unspecified atom stereocenters. The molecule has 1 heterocycles. The Morgan fingerprint density at radius 3 is 2.68 bits per heavy atom. The highest BCUT2D eigenvalue weighted by Gasteiger charge is 2.22. The van der Waals surface area contributed by atoms with Crippen molar-refractivity contribution in [1.29, 1.82) is 5.41 Å². The van der Waals surface area contributed by atoms with Gasteiger partial charge in [-0.1, -0.05) is 0 Å². The van der Waals surface area contributed by atoms with Crippen LogP contribution in [0.4, 0.5) is 21.5 Å². The Morgan fingerprint density at radius 1 is 1.32 bits per heavy atom. The number of aryl methyl sites for hydroxylation is 1. The molecule has 0 saturated carbocycles. The average Bonchev–Trinajstić information content (AvgIpc) is 2.89. The molecule has 11 heteroatoms. The Hall–Kier alpha value is -4.25. The third-order valence-corrected chi connectivity index (χ3v) is 6.10. The SMILES string of the molecule is CCOc1ccc(N/C(C=O)=C(/CCN(C)c2ccc(N3CCOCC3=O)c(C)c2)C(=N)C(N)=O)cc1F. The summed E-state index contributed by atoms with van der Waals surface area (Å²) in [5.41, 5.74) is 7.68. The first-order valence-electron chi connectivity index (χ1n) is 12.1. The lowest BCUT2D eigenvalue weighted by molar-refractivity contribution is -0.125. The lowest BCUT2D eigenvalue weighted by Crippen LogP contribution is -2.42. The molecule has 38 heavy (non-hydrogen) atoms. The van der Waals surface area contributed by atoms with E-state index < -0.39 is 17.4 Å². The number of hydrogen-bond donors (Lipinski definition) is 3. The molecule has 0 bridgehead atoms. The number of nitrogens with zero attached hydrogens (tertiary/aromatic N) is 2. The van der Waals surface area contributed by atoms with Gasteiger partial charge < -0.3 is 30.3 Å². The standard InChI is InChI=1S/C27H32FN5O5/c1-4-38-24-8-5-18(14-21(24)28)31-22(15-34)20(26(29)27(30)36)9-10-32(3)19-6-7-23(17(2)13-19)33-11-12-37-16-25(33)35/h5-8,13-15,29,31H,4,9-12,16H2,1-3H3,(H2,30,36)/b22-20-,29-26?. The molecule has 2 amide bonds. The molecule has 0 atom stereocenters. The summed E-state index contributed by atoms with van der Waals surface area (Å²) in [5.74, 6) is -1.63. The molecule has 1 aliphatic rings. The number of nitrogens with two attached hydrogens (primary N) is 1. The van der Waals surface area contributed by atoms with Crippen molar-refractivity contribution >= 4 is 40.9 Å². The van der Waals surface area contributed by atoms with E-state index in [0.29, 0.717) is 32.6 Å². The second kappa shape index (κ2) is 12.8. The van der Waals surface area contributed by atoms with Crippen LogP contribution in [-0.4, -0.2) is 63.8 Å². The fourth-order valence-corrected chi connectivity index (χ4v) is 4.09. The van der Waals surface area contributed by atoms with Gasteiger partial charge in [0.15, 0.2) is 17.9 Å². The number of carbonyl (C=O) groups is 3. The van der Waals surface area contributed by atoms with Gasteiger partial charge in [0.2, 0.25) is 0 Å². The van der Waals surface area contributed by atoms with Gasteiger partial charge in [0, 0.05) is 48.8 Å². The van der Waals surface area contributed by atoms with Crippen molar-refractivity contribution in [3.05, 3.63) is 59.0 Å². The number of rotatable bonds is 12. The number of halogens is 1. The summed E-state index contributed by atoms with van der Waals surface area (Å²) >= 11 is 0. The molecule has 1 saturated heterocycles. The third kappa shape index (κ3) is 6.74. The van der Waals surface area contributed by atoms with E-state index in [2.05, 4.69) is 5.32 Å². The maximum absolute atomic E-state index is 14.3. The van der Waals surface area contributed by atoms with E-state index in [1.165, 1.54) is 12.1 Å². The second-order valence-corrected chi connectivity index (χ2v) is 8.69. The van der Waals surface area contributed by atoms with E-state index in [1.54, 1.807) is 11.8 Å². The van der Waals surface area contributed by atoms with Crippen LogP contribution < -0.4 is 25.6 Å². The van der Waals surface area contributed by atoms with Crippen LogP contribution in [-0.2, 0) is 19.1 Å². The molecule has 4 N–H and O–H groups in total. The number of allylic oxidation sites excluding steroid dienone is 1. The number of ether oxygens (including phenoxy) is 2. The molecule has 1 aliphatic heterocycles. The average molecular weight is 526 g/mol. The van der Waals surface area contributed by atoms with Crippen molar-refractivity contribution in [1.82, 2.24) is 0 Å². The molecule has 3 rings (SSSR count). The minimum absolute atomic E-state index is 0.0540. The van der Waals surface area contributed by atoms with Crippen LogP contribution in [0.15, 0.2) is 47.7 Å². The van der Waals surface area contributed by atoms with E-state index in [4.69, 9.17) is 20.6 Å². The number of aldehydes is 1. The largest absolute Gasteiger partial charge is 0.491 e. The van der Waals surface area contributed by atoms with Gasteiger partial charge in [0.25, 0.3) is 11.8 Å². The summed E-state index contributed by atoms with van der Waals surface area (Å²) in [6.45, 7) is 5.29. The van der Waals surface area contributed by atoms with Crippen molar-refractivity contribution in [2.75, 3.05) is 55.1 Å². The highest BCUT2D eigenvalue weighted by molar-refractivity contribution is 6.44. The Labute approximate surface area is 220 Å². The van der Waals surface area contributed by atoms with E-state index in [0.717, 1.165) is 23.0 Å². The number of nitrogens with one attached hydrogen (secondary N) is 2. The molecule has 0 aromatic heterocycles. The van der Waals surface area contributed by atoms with Crippen molar-refractivity contribution in [3.8, 4) is 5.75 Å². The van der Waals surface area contributed by atoms with Crippen molar-refractivity contribution in [2.24, 2.45) is 5.73 Å². The first-order chi connectivity index (χ1) is 18.2. The second-order valence-electron chi connectivity index (χ2n) is 8.69.